The second-order valence-corrected chi connectivity index (χ2v) is 3.50. The molecule has 4 nitrogen and oxygen atoms in total. The Bertz CT molecular complexity index is 314. The van der Waals surface area contributed by atoms with Crippen LogP contribution in [0.5, 0.6) is 0 Å². The van der Waals surface area contributed by atoms with Crippen LogP contribution in [0.25, 0.3) is 0 Å². The van der Waals surface area contributed by atoms with E-state index in [9.17, 15) is 4.79 Å². The van der Waals surface area contributed by atoms with Crippen molar-refractivity contribution in [3.05, 3.63) is 30.1 Å². The van der Waals surface area contributed by atoms with Crippen molar-refractivity contribution in [3.8, 4) is 0 Å². The van der Waals surface area contributed by atoms with Crippen LogP contribution in [-0.2, 0) is 11.3 Å². The molecule has 1 aromatic heterocycles. The van der Waals surface area contributed by atoms with Crippen LogP contribution in [-0.4, -0.2) is 34.0 Å². The number of carboxylic acids is 1. The average molecular weight is 208 g/mol. The molecule has 1 rings (SSSR count). The summed E-state index contributed by atoms with van der Waals surface area (Å²) in [6, 6.07) is 5.20. The lowest BCUT2D eigenvalue weighted by Gasteiger charge is -2.22. The highest BCUT2D eigenvalue weighted by Gasteiger charge is 2.20. The van der Waals surface area contributed by atoms with Crippen LogP contribution >= 0.6 is 0 Å². The fourth-order valence-corrected chi connectivity index (χ4v) is 1.53. The minimum absolute atomic E-state index is 0.438. The highest BCUT2D eigenvalue weighted by molar-refractivity contribution is 5.73. The molecule has 0 bridgehead atoms. The van der Waals surface area contributed by atoms with Crippen LogP contribution in [0.2, 0.25) is 0 Å². The molecule has 1 unspecified atom stereocenters. The summed E-state index contributed by atoms with van der Waals surface area (Å²) in [5.74, 6) is -0.782. The lowest BCUT2D eigenvalue weighted by atomic mass is 10.2. The van der Waals surface area contributed by atoms with Crippen LogP contribution in [0.1, 0.15) is 19.0 Å². The summed E-state index contributed by atoms with van der Waals surface area (Å²) >= 11 is 0. The quantitative estimate of drug-likeness (QED) is 0.794. The van der Waals surface area contributed by atoms with Gasteiger partial charge in [-0.15, -0.1) is 0 Å². The molecule has 0 amide bonds. The van der Waals surface area contributed by atoms with Gasteiger partial charge in [0, 0.05) is 12.7 Å². The molecule has 1 N–H and O–H groups in total. The maximum atomic E-state index is 10.9. The second kappa shape index (κ2) is 5.46. The van der Waals surface area contributed by atoms with E-state index in [1.165, 1.54) is 0 Å². The van der Waals surface area contributed by atoms with Crippen molar-refractivity contribution < 1.29 is 9.90 Å². The van der Waals surface area contributed by atoms with Crippen molar-refractivity contribution in [1.29, 1.82) is 0 Å². The number of aliphatic carboxylic acids is 1. The minimum Gasteiger partial charge on any atom is -0.480 e. The summed E-state index contributed by atoms with van der Waals surface area (Å²) in [5, 5.41) is 8.96. The number of nitrogens with zero attached hydrogens (tertiary/aromatic N) is 2. The van der Waals surface area contributed by atoms with Gasteiger partial charge in [-0.25, -0.2) is 0 Å². The topological polar surface area (TPSA) is 53.4 Å². The summed E-state index contributed by atoms with van der Waals surface area (Å²) in [6.45, 7) is 2.43. The van der Waals surface area contributed by atoms with E-state index in [2.05, 4.69) is 4.98 Å². The van der Waals surface area contributed by atoms with Gasteiger partial charge in [-0.1, -0.05) is 13.0 Å². The Morgan fingerprint density at radius 3 is 2.80 bits per heavy atom. The van der Waals surface area contributed by atoms with E-state index in [1.807, 2.05) is 25.1 Å². The summed E-state index contributed by atoms with van der Waals surface area (Å²) in [7, 11) is 1.80. The number of aromatic nitrogens is 1. The number of pyridine rings is 1. The lowest BCUT2D eigenvalue weighted by molar-refractivity contribution is -0.143. The van der Waals surface area contributed by atoms with Crippen molar-refractivity contribution >= 4 is 5.97 Å². The monoisotopic (exact) mass is 208 g/mol. The molecule has 1 heterocycles. The fraction of sp³-hybridized carbons (Fsp3) is 0.455. The molecule has 1 aromatic rings. The van der Waals surface area contributed by atoms with E-state index in [0.717, 1.165) is 5.69 Å². The molecule has 1 atom stereocenters. The van der Waals surface area contributed by atoms with Gasteiger partial charge in [0.25, 0.3) is 0 Å². The number of likely N-dealkylation sites (N-methyl/N-ethyl adjacent to an activating group) is 1. The Morgan fingerprint density at radius 2 is 2.33 bits per heavy atom. The Hall–Kier alpha value is -1.42. The van der Waals surface area contributed by atoms with Crippen LogP contribution in [0.15, 0.2) is 24.4 Å². The van der Waals surface area contributed by atoms with Gasteiger partial charge in [-0.2, -0.15) is 0 Å². The Balaban J connectivity index is 2.62. The Kier molecular flexibility index (Phi) is 4.24. The van der Waals surface area contributed by atoms with Gasteiger partial charge in [-0.3, -0.25) is 14.7 Å². The normalized spacial score (nSPS) is 12.7. The molecule has 0 aliphatic heterocycles. The summed E-state index contributed by atoms with van der Waals surface area (Å²) in [5.41, 5.74) is 0.889. The molecule has 0 spiro atoms. The highest BCUT2D eigenvalue weighted by Crippen LogP contribution is 2.06. The number of carboxylic acid groups (broad SMARTS) is 1. The molecule has 82 valence electrons. The number of hydrogen-bond acceptors (Lipinski definition) is 3. The van der Waals surface area contributed by atoms with Crippen molar-refractivity contribution in [2.45, 2.75) is 25.9 Å². The zero-order chi connectivity index (χ0) is 11.3. The zero-order valence-corrected chi connectivity index (χ0v) is 9.05. The second-order valence-electron chi connectivity index (χ2n) is 3.50. The van der Waals surface area contributed by atoms with E-state index in [-0.39, 0.29) is 0 Å². The first-order valence-electron chi connectivity index (χ1n) is 4.98. The first kappa shape index (κ1) is 11.7. The van der Waals surface area contributed by atoms with Crippen LogP contribution in [0, 0.1) is 0 Å². The summed E-state index contributed by atoms with van der Waals surface area (Å²) in [4.78, 5) is 16.9. The molecule has 0 saturated heterocycles. The molecule has 0 fully saturated rings. The van der Waals surface area contributed by atoms with Gasteiger partial charge < -0.3 is 5.11 Å². The van der Waals surface area contributed by atoms with Gasteiger partial charge in [0.1, 0.15) is 6.04 Å². The first-order valence-corrected chi connectivity index (χ1v) is 4.98. The maximum absolute atomic E-state index is 10.9. The number of rotatable bonds is 5. The highest BCUT2D eigenvalue weighted by atomic mass is 16.4. The molecule has 0 radical (unpaired) electrons. The molecule has 0 aliphatic rings. The third-order valence-electron chi connectivity index (χ3n) is 2.34. The summed E-state index contributed by atoms with van der Waals surface area (Å²) < 4.78 is 0. The number of hydrogen-bond donors (Lipinski definition) is 1. The predicted molar refractivity (Wildman–Crippen MR) is 57.4 cm³/mol. The molecule has 15 heavy (non-hydrogen) atoms. The first-order chi connectivity index (χ1) is 7.15. The van der Waals surface area contributed by atoms with Gasteiger partial charge in [0.05, 0.1) is 5.69 Å². The molecular formula is C11H16N2O2. The van der Waals surface area contributed by atoms with Crippen molar-refractivity contribution in [2.24, 2.45) is 0 Å². The Labute approximate surface area is 89.6 Å². The van der Waals surface area contributed by atoms with Crippen molar-refractivity contribution in [3.63, 3.8) is 0 Å². The van der Waals surface area contributed by atoms with E-state index >= 15 is 0 Å². The third kappa shape index (κ3) is 3.32. The fourth-order valence-electron chi connectivity index (χ4n) is 1.53. The third-order valence-corrected chi connectivity index (χ3v) is 2.34. The maximum Gasteiger partial charge on any atom is 0.320 e. The largest absolute Gasteiger partial charge is 0.480 e. The SMILES string of the molecule is CCC(C(=O)O)N(C)Cc1ccccn1. The molecule has 4 heteroatoms. The lowest BCUT2D eigenvalue weighted by Crippen LogP contribution is -2.37. The van der Waals surface area contributed by atoms with E-state index in [0.29, 0.717) is 13.0 Å². The van der Waals surface area contributed by atoms with Gasteiger partial charge >= 0.3 is 5.97 Å². The van der Waals surface area contributed by atoms with Gasteiger partial charge in [-0.05, 0) is 25.6 Å². The van der Waals surface area contributed by atoms with Crippen LogP contribution in [0.4, 0.5) is 0 Å². The average Bonchev–Trinajstić information content (AvgIpc) is 2.19. The molecule has 0 saturated carbocycles. The van der Waals surface area contributed by atoms with Crippen LogP contribution < -0.4 is 0 Å². The number of carbonyl (C=O) groups is 1. The molecular weight excluding hydrogens is 192 g/mol. The van der Waals surface area contributed by atoms with Crippen LogP contribution in [0.3, 0.4) is 0 Å². The van der Waals surface area contributed by atoms with E-state index in [1.54, 1.807) is 18.1 Å². The van der Waals surface area contributed by atoms with Crippen molar-refractivity contribution in [2.75, 3.05) is 7.05 Å². The Morgan fingerprint density at radius 1 is 1.60 bits per heavy atom. The standard InChI is InChI=1S/C11H16N2O2/c1-3-10(11(14)15)13(2)8-9-6-4-5-7-12-9/h4-7,10H,3,8H2,1-2H3,(H,14,15). The zero-order valence-electron chi connectivity index (χ0n) is 9.05. The van der Waals surface area contributed by atoms with Gasteiger partial charge in [0.2, 0.25) is 0 Å². The van der Waals surface area contributed by atoms with E-state index in [4.69, 9.17) is 5.11 Å². The molecule has 0 aliphatic carbocycles. The summed E-state index contributed by atoms with van der Waals surface area (Å²) in [6.07, 6.45) is 2.31. The minimum atomic E-state index is -0.782. The molecule has 0 aromatic carbocycles. The van der Waals surface area contributed by atoms with E-state index < -0.39 is 12.0 Å². The van der Waals surface area contributed by atoms with Crippen molar-refractivity contribution in [1.82, 2.24) is 9.88 Å². The predicted octanol–water partition coefficient (Wildman–Crippen LogP) is 1.38. The van der Waals surface area contributed by atoms with Gasteiger partial charge in [0.15, 0.2) is 0 Å². The smallest absolute Gasteiger partial charge is 0.320 e.